The number of amides is 1. The molecule has 1 aromatic carbocycles. The van der Waals surface area contributed by atoms with Gasteiger partial charge in [0.25, 0.3) is 5.56 Å². The summed E-state index contributed by atoms with van der Waals surface area (Å²) in [4.78, 5) is 42.0. The second kappa shape index (κ2) is 7.59. The van der Waals surface area contributed by atoms with Crippen molar-refractivity contribution < 1.29 is 9.18 Å². The second-order valence-corrected chi connectivity index (χ2v) is 7.67. The third-order valence-electron chi connectivity index (χ3n) is 5.66. The molecule has 0 spiro atoms. The van der Waals surface area contributed by atoms with Crippen molar-refractivity contribution in [1.82, 2.24) is 28.5 Å². The van der Waals surface area contributed by atoms with Gasteiger partial charge in [0.1, 0.15) is 12.4 Å². The first-order valence-electron chi connectivity index (χ1n) is 9.86. The van der Waals surface area contributed by atoms with Crippen molar-refractivity contribution in [3.8, 4) is 5.95 Å². The lowest BCUT2D eigenvalue weighted by Crippen LogP contribution is -2.42. The van der Waals surface area contributed by atoms with Gasteiger partial charge in [0, 0.05) is 18.3 Å². The van der Waals surface area contributed by atoms with E-state index in [4.69, 9.17) is 5.73 Å². The Bertz CT molecular complexity index is 1510. The highest BCUT2D eigenvalue weighted by Gasteiger charge is 2.24. The zero-order valence-electron chi connectivity index (χ0n) is 18.1. The van der Waals surface area contributed by atoms with Gasteiger partial charge < -0.3 is 5.73 Å². The van der Waals surface area contributed by atoms with Crippen LogP contribution in [0.3, 0.4) is 0 Å². The van der Waals surface area contributed by atoms with Crippen molar-refractivity contribution in [2.45, 2.75) is 33.9 Å². The average Bonchev–Trinajstić information content (AvgIpc) is 3.24. The predicted octanol–water partition coefficient (Wildman–Crippen LogP) is 0.680. The van der Waals surface area contributed by atoms with Gasteiger partial charge >= 0.3 is 5.69 Å². The molecule has 0 saturated heterocycles. The van der Waals surface area contributed by atoms with Gasteiger partial charge in [-0.25, -0.2) is 18.4 Å². The largest absolute Gasteiger partial charge is 0.368 e. The first kappa shape index (κ1) is 21.2. The summed E-state index contributed by atoms with van der Waals surface area (Å²) in [5.74, 6) is -1.04. The molecule has 4 aromatic rings. The van der Waals surface area contributed by atoms with E-state index in [1.54, 1.807) is 22.9 Å². The maximum Gasteiger partial charge on any atom is 0.332 e. The molecular weight excluding hydrogens is 417 g/mol. The quantitative estimate of drug-likeness (QED) is 0.490. The van der Waals surface area contributed by atoms with Crippen LogP contribution in [0.5, 0.6) is 0 Å². The Kier molecular flexibility index (Phi) is 5.03. The molecule has 3 aromatic heterocycles. The Morgan fingerprint density at radius 2 is 1.81 bits per heavy atom. The fraction of sp³-hybridized carbons (Fsp3) is 0.286. The highest BCUT2D eigenvalue weighted by molar-refractivity contribution is 5.75. The van der Waals surface area contributed by atoms with Crippen LogP contribution in [0.25, 0.3) is 17.1 Å². The first-order valence-corrected chi connectivity index (χ1v) is 9.86. The Labute approximate surface area is 181 Å². The topological polar surface area (TPSA) is 123 Å². The molecule has 10 nitrogen and oxygen atoms in total. The summed E-state index contributed by atoms with van der Waals surface area (Å²) < 4.78 is 19.5. The zero-order valence-corrected chi connectivity index (χ0v) is 18.1. The molecule has 0 atom stereocenters. The highest BCUT2D eigenvalue weighted by Crippen LogP contribution is 2.22. The number of hydrogen-bond acceptors (Lipinski definition) is 5. The summed E-state index contributed by atoms with van der Waals surface area (Å²) in [6.45, 7) is 4.99. The number of benzene rings is 1. The molecular formula is C21H22FN7O3. The van der Waals surface area contributed by atoms with E-state index in [1.165, 1.54) is 22.2 Å². The van der Waals surface area contributed by atoms with E-state index in [-0.39, 0.29) is 23.7 Å². The number of hydrogen-bond donors (Lipinski definition) is 1. The van der Waals surface area contributed by atoms with Gasteiger partial charge in [0.15, 0.2) is 11.2 Å². The maximum absolute atomic E-state index is 14.5. The Balaban J connectivity index is 2.12. The summed E-state index contributed by atoms with van der Waals surface area (Å²) in [5.41, 5.74) is 6.72. The number of imidazole rings is 1. The van der Waals surface area contributed by atoms with Crippen LogP contribution in [-0.2, 0) is 24.9 Å². The Morgan fingerprint density at radius 1 is 1.12 bits per heavy atom. The van der Waals surface area contributed by atoms with Crippen LogP contribution in [0.15, 0.2) is 33.9 Å². The van der Waals surface area contributed by atoms with Gasteiger partial charge in [-0.2, -0.15) is 10.1 Å². The molecule has 3 heterocycles. The lowest BCUT2D eigenvalue weighted by Gasteiger charge is -2.12. The zero-order chi connectivity index (χ0) is 23.3. The van der Waals surface area contributed by atoms with Gasteiger partial charge in [0.2, 0.25) is 11.9 Å². The third-order valence-corrected chi connectivity index (χ3v) is 5.66. The smallest absolute Gasteiger partial charge is 0.332 e. The minimum absolute atomic E-state index is 0.0387. The van der Waals surface area contributed by atoms with Crippen molar-refractivity contribution in [2.75, 3.05) is 0 Å². The third kappa shape index (κ3) is 3.22. The maximum atomic E-state index is 14.5. The summed E-state index contributed by atoms with van der Waals surface area (Å²) in [5, 5.41) is 4.52. The predicted molar refractivity (Wildman–Crippen MR) is 115 cm³/mol. The van der Waals surface area contributed by atoms with E-state index in [1.807, 2.05) is 20.8 Å². The van der Waals surface area contributed by atoms with Gasteiger partial charge in [0.05, 0.1) is 12.2 Å². The first-order chi connectivity index (χ1) is 15.1. The average molecular weight is 439 g/mol. The van der Waals surface area contributed by atoms with Crippen molar-refractivity contribution in [3.63, 3.8) is 0 Å². The molecule has 0 radical (unpaired) electrons. The number of aryl methyl sites for hydroxylation is 2. The standard InChI is InChI=1S/C21H22FN7O3/c1-11-12(2)25-29(13(11)3)20-24-18-17(27(20)9-14-7-5-6-8-15(14)22)19(31)28(10-16(23)30)21(32)26(18)4/h5-8H,9-10H2,1-4H3,(H2,23,30). The molecule has 0 bridgehead atoms. The van der Waals surface area contributed by atoms with Crippen LogP contribution < -0.4 is 17.0 Å². The van der Waals surface area contributed by atoms with Crippen LogP contribution >= 0.6 is 0 Å². The van der Waals surface area contributed by atoms with E-state index >= 15 is 0 Å². The number of primary amides is 1. The molecule has 0 unspecified atom stereocenters. The van der Waals surface area contributed by atoms with E-state index in [2.05, 4.69) is 10.1 Å². The number of carbonyl (C=O) groups is 1. The number of carbonyl (C=O) groups excluding carboxylic acids is 1. The van der Waals surface area contributed by atoms with Crippen molar-refractivity contribution in [3.05, 3.63) is 73.4 Å². The van der Waals surface area contributed by atoms with E-state index in [9.17, 15) is 18.8 Å². The van der Waals surface area contributed by atoms with Crippen LogP contribution in [0, 0.1) is 26.6 Å². The second-order valence-electron chi connectivity index (χ2n) is 7.67. The van der Waals surface area contributed by atoms with Crippen molar-refractivity contribution >= 4 is 17.1 Å². The molecule has 0 fully saturated rings. The Morgan fingerprint density at radius 3 is 2.41 bits per heavy atom. The van der Waals surface area contributed by atoms with Gasteiger partial charge in [-0.1, -0.05) is 18.2 Å². The van der Waals surface area contributed by atoms with E-state index < -0.39 is 29.5 Å². The van der Waals surface area contributed by atoms with Crippen LogP contribution in [0.1, 0.15) is 22.5 Å². The lowest BCUT2D eigenvalue weighted by atomic mass is 10.2. The normalized spacial score (nSPS) is 11.4. The molecule has 0 aliphatic rings. The van der Waals surface area contributed by atoms with Crippen LogP contribution in [-0.4, -0.2) is 34.4 Å². The van der Waals surface area contributed by atoms with Crippen LogP contribution in [0.2, 0.25) is 0 Å². The molecule has 166 valence electrons. The Hall–Kier alpha value is -4.02. The fourth-order valence-corrected chi connectivity index (χ4v) is 3.68. The minimum atomic E-state index is -0.835. The van der Waals surface area contributed by atoms with Crippen molar-refractivity contribution in [1.29, 1.82) is 0 Å². The summed E-state index contributed by atoms with van der Waals surface area (Å²) in [6.07, 6.45) is 0. The monoisotopic (exact) mass is 439 g/mol. The minimum Gasteiger partial charge on any atom is -0.368 e. The lowest BCUT2D eigenvalue weighted by molar-refractivity contribution is -0.118. The van der Waals surface area contributed by atoms with Gasteiger partial charge in [-0.3, -0.25) is 18.7 Å². The molecule has 2 N–H and O–H groups in total. The number of nitrogens with two attached hydrogens (primary N) is 1. The fourth-order valence-electron chi connectivity index (χ4n) is 3.68. The number of halogens is 1. The van der Waals surface area contributed by atoms with Gasteiger partial charge in [-0.05, 0) is 32.4 Å². The molecule has 0 saturated carbocycles. The molecule has 4 rings (SSSR count). The number of nitrogens with zero attached hydrogens (tertiary/aromatic N) is 6. The van der Waals surface area contributed by atoms with E-state index in [0.29, 0.717) is 5.56 Å². The van der Waals surface area contributed by atoms with Gasteiger partial charge in [-0.15, -0.1) is 0 Å². The molecule has 1 amide bonds. The number of rotatable bonds is 5. The van der Waals surface area contributed by atoms with Crippen LogP contribution in [0.4, 0.5) is 4.39 Å². The summed E-state index contributed by atoms with van der Waals surface area (Å²) >= 11 is 0. The molecule has 11 heteroatoms. The summed E-state index contributed by atoms with van der Waals surface area (Å²) in [7, 11) is 1.44. The highest BCUT2D eigenvalue weighted by atomic mass is 19.1. The SMILES string of the molecule is Cc1nn(-c2nc3c(c(=O)n(CC(N)=O)c(=O)n3C)n2Cc2ccccc2F)c(C)c1C. The molecule has 0 aliphatic carbocycles. The summed E-state index contributed by atoms with van der Waals surface area (Å²) in [6, 6.07) is 6.18. The molecule has 32 heavy (non-hydrogen) atoms. The van der Waals surface area contributed by atoms with Crippen molar-refractivity contribution in [2.24, 2.45) is 12.8 Å². The molecule has 0 aliphatic heterocycles. The van der Waals surface area contributed by atoms with E-state index in [0.717, 1.165) is 21.5 Å². The number of aromatic nitrogens is 6. The number of fused-ring (bicyclic) bond motifs is 1.